The third-order valence-electron chi connectivity index (χ3n) is 2.74. The molecule has 0 unspecified atom stereocenters. The molecule has 0 amide bonds. The maximum absolute atomic E-state index is 13.2. The molecule has 0 spiro atoms. The average Bonchev–Trinajstić information content (AvgIpc) is 2.04. The molecule has 1 rings (SSSR count). The minimum absolute atomic E-state index is 0.0613. The van der Waals surface area contributed by atoms with Crippen molar-refractivity contribution in [1.29, 1.82) is 0 Å². The van der Waals surface area contributed by atoms with E-state index in [-0.39, 0.29) is 18.8 Å². The summed E-state index contributed by atoms with van der Waals surface area (Å²) in [7, 11) is 0. The minimum Gasteiger partial charge on any atom is -0.330 e. The van der Waals surface area contributed by atoms with Crippen molar-refractivity contribution >= 4 is 0 Å². The predicted molar refractivity (Wildman–Crippen MR) is 40.9 cm³/mol. The third kappa shape index (κ3) is 2.13. The Morgan fingerprint density at radius 3 is 2.00 bits per heavy atom. The lowest BCUT2D eigenvalue weighted by molar-refractivity contribution is -0.241. The Morgan fingerprint density at radius 2 is 1.69 bits per heavy atom. The summed E-state index contributed by atoms with van der Waals surface area (Å²) in [6.07, 6.45) is -5.09. The lowest BCUT2D eigenvalue weighted by Gasteiger charge is -2.34. The molecule has 0 aromatic heterocycles. The number of hydrogen-bond acceptors (Lipinski definition) is 1. The van der Waals surface area contributed by atoms with Gasteiger partial charge in [0, 0.05) is 0 Å². The van der Waals surface area contributed by atoms with Crippen LogP contribution in [-0.4, -0.2) is 18.4 Å². The highest BCUT2D eigenvalue weighted by molar-refractivity contribution is 4.92. The van der Waals surface area contributed by atoms with Crippen molar-refractivity contribution < 1.29 is 17.6 Å². The van der Waals surface area contributed by atoms with Crippen LogP contribution in [-0.2, 0) is 0 Å². The Labute approximate surface area is 74.3 Å². The average molecular weight is 199 g/mol. The fourth-order valence-electron chi connectivity index (χ4n) is 1.65. The van der Waals surface area contributed by atoms with Crippen molar-refractivity contribution in [3.63, 3.8) is 0 Å². The topological polar surface area (TPSA) is 26.0 Å². The van der Waals surface area contributed by atoms with Gasteiger partial charge in [-0.15, -0.1) is 0 Å². The second-order valence-electron chi connectivity index (χ2n) is 3.64. The fourth-order valence-corrected chi connectivity index (χ4v) is 1.65. The van der Waals surface area contributed by atoms with E-state index >= 15 is 0 Å². The van der Waals surface area contributed by atoms with Gasteiger partial charge in [-0.25, -0.2) is 4.39 Å². The van der Waals surface area contributed by atoms with Gasteiger partial charge in [-0.05, 0) is 38.1 Å². The van der Waals surface area contributed by atoms with Crippen LogP contribution >= 0.6 is 0 Å². The molecule has 1 aliphatic carbocycles. The second-order valence-corrected chi connectivity index (χ2v) is 3.64. The Balaban J connectivity index is 2.57. The zero-order valence-corrected chi connectivity index (χ0v) is 7.20. The number of hydrogen-bond donors (Lipinski definition) is 1. The van der Waals surface area contributed by atoms with Gasteiger partial charge in [-0.2, -0.15) is 13.2 Å². The van der Waals surface area contributed by atoms with E-state index in [0.29, 0.717) is 6.54 Å². The van der Waals surface area contributed by atoms with Crippen LogP contribution in [0.5, 0.6) is 0 Å². The zero-order valence-electron chi connectivity index (χ0n) is 7.20. The molecule has 1 saturated carbocycles. The molecule has 0 bridgehead atoms. The van der Waals surface area contributed by atoms with E-state index in [1.165, 1.54) is 0 Å². The van der Waals surface area contributed by atoms with Gasteiger partial charge in [-0.3, -0.25) is 0 Å². The van der Waals surface area contributed by atoms with Gasteiger partial charge in [0.25, 0.3) is 0 Å². The smallest absolute Gasteiger partial charge is 0.330 e. The molecule has 0 aromatic carbocycles. The molecule has 1 aliphatic rings. The van der Waals surface area contributed by atoms with Gasteiger partial charge < -0.3 is 5.73 Å². The van der Waals surface area contributed by atoms with Gasteiger partial charge in [0.15, 0.2) is 0 Å². The second kappa shape index (κ2) is 3.44. The van der Waals surface area contributed by atoms with Crippen LogP contribution in [0, 0.1) is 5.92 Å². The number of halogens is 4. The van der Waals surface area contributed by atoms with Gasteiger partial charge in [0.1, 0.15) is 0 Å². The molecule has 0 radical (unpaired) electrons. The monoisotopic (exact) mass is 199 g/mol. The van der Waals surface area contributed by atoms with Crippen LogP contribution in [0.15, 0.2) is 0 Å². The van der Waals surface area contributed by atoms with Crippen LogP contribution in [0.3, 0.4) is 0 Å². The highest BCUT2D eigenvalue weighted by atomic mass is 19.4. The molecular formula is C8H13F4N. The predicted octanol–water partition coefficient (Wildman–Crippen LogP) is 2.41. The van der Waals surface area contributed by atoms with Crippen LogP contribution < -0.4 is 5.73 Å². The lowest BCUT2D eigenvalue weighted by atomic mass is 9.79. The first-order chi connectivity index (χ1) is 5.89. The molecule has 1 nitrogen and oxygen atoms in total. The van der Waals surface area contributed by atoms with E-state index in [1.54, 1.807) is 0 Å². The zero-order chi connectivity index (χ0) is 10.1. The quantitative estimate of drug-likeness (QED) is 0.645. The van der Waals surface area contributed by atoms with Crippen molar-refractivity contribution in [2.75, 3.05) is 6.54 Å². The van der Waals surface area contributed by atoms with Gasteiger partial charge in [0.05, 0.1) is 0 Å². The minimum atomic E-state index is -4.72. The standard InChI is InChI=1S/C8H13F4N/c9-7(8(10,11)12)3-1-6(5-13)2-4-7/h6H,1-5,13H2. The van der Waals surface area contributed by atoms with Crippen molar-refractivity contribution in [3.05, 3.63) is 0 Å². The van der Waals surface area contributed by atoms with Gasteiger partial charge >= 0.3 is 6.18 Å². The summed E-state index contributed by atoms with van der Waals surface area (Å²) in [6.45, 7) is 0.355. The first-order valence-corrected chi connectivity index (χ1v) is 4.35. The summed E-state index contributed by atoms with van der Waals surface area (Å²) in [5.41, 5.74) is 2.34. The molecule has 1 fully saturated rings. The Hall–Kier alpha value is -0.320. The number of rotatable bonds is 1. The summed E-state index contributed by atoms with van der Waals surface area (Å²) in [4.78, 5) is 0. The highest BCUT2D eigenvalue weighted by Gasteiger charge is 2.56. The first kappa shape index (κ1) is 10.8. The molecule has 0 heterocycles. The molecule has 0 atom stereocenters. The summed E-state index contributed by atoms with van der Waals surface area (Å²) in [5.74, 6) is 0.0613. The molecular weight excluding hydrogens is 186 g/mol. The molecule has 5 heteroatoms. The van der Waals surface area contributed by atoms with Gasteiger partial charge in [-0.1, -0.05) is 0 Å². The Kier molecular flexibility index (Phi) is 2.85. The summed E-state index contributed by atoms with van der Waals surface area (Å²) in [5, 5.41) is 0. The molecule has 0 saturated heterocycles. The molecule has 13 heavy (non-hydrogen) atoms. The summed E-state index contributed by atoms with van der Waals surface area (Å²) >= 11 is 0. The molecule has 2 N–H and O–H groups in total. The van der Waals surface area contributed by atoms with E-state index in [0.717, 1.165) is 0 Å². The van der Waals surface area contributed by atoms with Crippen LogP contribution in [0.1, 0.15) is 25.7 Å². The maximum atomic E-state index is 13.2. The van der Waals surface area contributed by atoms with Crippen molar-refractivity contribution in [2.45, 2.75) is 37.5 Å². The third-order valence-corrected chi connectivity index (χ3v) is 2.74. The Bertz CT molecular complexity index is 169. The number of nitrogens with two attached hydrogens (primary N) is 1. The lowest BCUT2D eigenvalue weighted by Crippen LogP contribution is -2.44. The van der Waals surface area contributed by atoms with Crippen LogP contribution in [0.2, 0.25) is 0 Å². The van der Waals surface area contributed by atoms with Gasteiger partial charge in [0.2, 0.25) is 5.67 Å². The maximum Gasteiger partial charge on any atom is 0.422 e. The summed E-state index contributed by atoms with van der Waals surface area (Å²) < 4.78 is 49.7. The summed E-state index contributed by atoms with van der Waals surface area (Å²) in [6, 6.07) is 0. The molecule has 78 valence electrons. The highest BCUT2D eigenvalue weighted by Crippen LogP contribution is 2.45. The molecule has 0 aliphatic heterocycles. The van der Waals surface area contributed by atoms with E-state index < -0.39 is 24.7 Å². The van der Waals surface area contributed by atoms with Crippen molar-refractivity contribution in [3.8, 4) is 0 Å². The van der Waals surface area contributed by atoms with Crippen molar-refractivity contribution in [2.24, 2.45) is 11.7 Å². The van der Waals surface area contributed by atoms with E-state index in [2.05, 4.69) is 0 Å². The fraction of sp³-hybridized carbons (Fsp3) is 1.00. The van der Waals surface area contributed by atoms with Crippen LogP contribution in [0.25, 0.3) is 0 Å². The number of alkyl halides is 4. The normalized spacial score (nSPS) is 36.2. The van der Waals surface area contributed by atoms with E-state index in [9.17, 15) is 17.6 Å². The first-order valence-electron chi connectivity index (χ1n) is 4.35. The van der Waals surface area contributed by atoms with Crippen molar-refractivity contribution in [1.82, 2.24) is 0 Å². The Morgan fingerprint density at radius 1 is 1.23 bits per heavy atom. The van der Waals surface area contributed by atoms with E-state index in [1.807, 2.05) is 0 Å². The van der Waals surface area contributed by atoms with Crippen LogP contribution in [0.4, 0.5) is 17.6 Å². The largest absolute Gasteiger partial charge is 0.422 e. The SMILES string of the molecule is NCC1CCC(F)(C(F)(F)F)CC1. The molecule has 0 aromatic rings. The van der Waals surface area contributed by atoms with E-state index in [4.69, 9.17) is 5.73 Å².